The van der Waals surface area contributed by atoms with Gasteiger partial charge in [-0.05, 0) is 55.5 Å². The summed E-state index contributed by atoms with van der Waals surface area (Å²) in [6.07, 6.45) is 2.71. The first-order chi connectivity index (χ1) is 14.9. The molecule has 6 nitrogen and oxygen atoms in total. The predicted molar refractivity (Wildman–Crippen MR) is 120 cm³/mol. The van der Waals surface area contributed by atoms with Crippen molar-refractivity contribution in [2.75, 3.05) is 38.2 Å². The summed E-state index contributed by atoms with van der Waals surface area (Å²) in [4.78, 5) is 15.8. The largest absolute Gasteiger partial charge is 0.496 e. The van der Waals surface area contributed by atoms with Crippen molar-refractivity contribution in [2.45, 2.75) is 44.3 Å². The van der Waals surface area contributed by atoms with Crippen molar-refractivity contribution in [1.82, 2.24) is 4.90 Å². The number of fused-ring (bicyclic) bond motifs is 1. The molecular weight excluding hydrogens is 392 g/mol. The van der Waals surface area contributed by atoms with Gasteiger partial charge in [-0.3, -0.25) is 9.69 Å². The van der Waals surface area contributed by atoms with Crippen LogP contribution in [0.3, 0.4) is 0 Å². The average molecular weight is 425 g/mol. The number of carbonyl (C=O) groups excluding carboxylic acids is 1. The molecule has 0 unspecified atom stereocenters. The van der Waals surface area contributed by atoms with Crippen molar-refractivity contribution in [3.63, 3.8) is 0 Å². The van der Waals surface area contributed by atoms with E-state index in [1.807, 2.05) is 47.4 Å². The number of nitrogens with zero attached hydrogens (tertiary/aromatic N) is 2. The van der Waals surface area contributed by atoms with E-state index in [1.54, 1.807) is 14.0 Å². The molecule has 6 heteroatoms. The minimum Gasteiger partial charge on any atom is -0.496 e. The predicted octanol–water partition coefficient (Wildman–Crippen LogP) is 3.01. The third-order valence-corrected chi connectivity index (χ3v) is 6.58. The second-order valence-corrected chi connectivity index (χ2v) is 8.75. The van der Waals surface area contributed by atoms with Gasteiger partial charge in [0, 0.05) is 37.8 Å². The van der Waals surface area contributed by atoms with Crippen LogP contribution in [0.15, 0.2) is 42.5 Å². The minimum absolute atomic E-state index is 0.0539. The highest BCUT2D eigenvalue weighted by molar-refractivity contribution is 5.92. The number of anilines is 1. The smallest absolute Gasteiger partial charge is 0.223 e. The maximum absolute atomic E-state index is 11.9. The Kier molecular flexibility index (Phi) is 6.32. The molecule has 166 valence electrons. The summed E-state index contributed by atoms with van der Waals surface area (Å²) in [5.74, 6) is 0.746. The number of piperidine rings is 1. The van der Waals surface area contributed by atoms with E-state index < -0.39 is 11.7 Å². The lowest BCUT2D eigenvalue weighted by molar-refractivity contribution is -0.116. The normalized spacial score (nSPS) is 22.6. The van der Waals surface area contributed by atoms with Crippen LogP contribution in [0.5, 0.6) is 5.75 Å². The molecule has 0 bridgehead atoms. The number of methoxy groups -OCH3 is 1. The van der Waals surface area contributed by atoms with Crippen molar-refractivity contribution < 1.29 is 19.7 Å². The number of para-hydroxylation sites is 1. The molecule has 0 radical (unpaired) electrons. The van der Waals surface area contributed by atoms with Gasteiger partial charge < -0.3 is 19.8 Å². The van der Waals surface area contributed by atoms with E-state index in [0.29, 0.717) is 25.3 Å². The van der Waals surface area contributed by atoms with Gasteiger partial charge in [-0.15, -0.1) is 0 Å². The molecule has 0 aliphatic carbocycles. The summed E-state index contributed by atoms with van der Waals surface area (Å²) in [6, 6.07) is 13.5. The Morgan fingerprint density at radius 3 is 2.77 bits per heavy atom. The summed E-state index contributed by atoms with van der Waals surface area (Å²) in [5.41, 5.74) is 2.73. The zero-order valence-electron chi connectivity index (χ0n) is 18.4. The molecule has 4 rings (SSSR count). The topological polar surface area (TPSA) is 73.2 Å². The van der Waals surface area contributed by atoms with Crippen LogP contribution >= 0.6 is 0 Å². The zero-order chi connectivity index (χ0) is 22.0. The molecule has 2 aromatic rings. The number of ether oxygens (including phenoxy) is 1. The first-order valence-corrected chi connectivity index (χ1v) is 11.1. The number of aryl methyl sites for hydroxylation is 1. The number of rotatable bonds is 5. The molecule has 1 saturated heterocycles. The van der Waals surface area contributed by atoms with Crippen LogP contribution in [0, 0.1) is 0 Å². The molecule has 2 aromatic carbocycles. The second kappa shape index (κ2) is 8.99. The third kappa shape index (κ3) is 4.47. The van der Waals surface area contributed by atoms with E-state index in [9.17, 15) is 15.0 Å². The quantitative estimate of drug-likeness (QED) is 0.772. The Bertz CT molecular complexity index is 947. The van der Waals surface area contributed by atoms with Crippen LogP contribution in [0.4, 0.5) is 5.69 Å². The number of hydrogen-bond donors (Lipinski definition) is 2. The number of likely N-dealkylation sites (tertiary alicyclic amines) is 1. The molecule has 1 amide bonds. The number of carbonyl (C=O) groups is 1. The highest BCUT2D eigenvalue weighted by atomic mass is 16.5. The van der Waals surface area contributed by atoms with Crippen LogP contribution in [-0.4, -0.2) is 54.3 Å². The van der Waals surface area contributed by atoms with Crippen molar-refractivity contribution in [3.8, 4) is 5.75 Å². The maximum Gasteiger partial charge on any atom is 0.223 e. The Hall–Kier alpha value is -2.41. The molecule has 31 heavy (non-hydrogen) atoms. The van der Waals surface area contributed by atoms with Crippen molar-refractivity contribution >= 4 is 11.6 Å². The van der Waals surface area contributed by atoms with E-state index in [-0.39, 0.29) is 5.91 Å². The number of benzene rings is 2. The molecule has 2 aliphatic heterocycles. The van der Waals surface area contributed by atoms with Crippen LogP contribution in [0.25, 0.3) is 0 Å². The lowest BCUT2D eigenvalue weighted by atomic mass is 9.85. The molecule has 1 fully saturated rings. The molecular formula is C25H32N2O4. The summed E-state index contributed by atoms with van der Waals surface area (Å²) >= 11 is 0. The Morgan fingerprint density at radius 1 is 1.19 bits per heavy atom. The molecule has 0 saturated carbocycles. The molecule has 2 aliphatic rings. The van der Waals surface area contributed by atoms with E-state index in [1.165, 1.54) is 0 Å². The molecule has 2 atom stereocenters. The van der Waals surface area contributed by atoms with Gasteiger partial charge in [0.25, 0.3) is 0 Å². The van der Waals surface area contributed by atoms with Crippen LogP contribution in [0.2, 0.25) is 0 Å². The van der Waals surface area contributed by atoms with Gasteiger partial charge in [-0.2, -0.15) is 0 Å². The minimum atomic E-state index is -0.998. The number of aliphatic hydroxyl groups is 2. The summed E-state index contributed by atoms with van der Waals surface area (Å²) in [7, 11) is 1.62. The van der Waals surface area contributed by atoms with Gasteiger partial charge in [-0.1, -0.05) is 30.3 Å². The fraction of sp³-hybridized carbons (Fsp3) is 0.480. The van der Waals surface area contributed by atoms with Crippen molar-refractivity contribution in [2.24, 2.45) is 0 Å². The van der Waals surface area contributed by atoms with Gasteiger partial charge in [0.05, 0.1) is 13.2 Å². The molecule has 0 aromatic heterocycles. The highest BCUT2D eigenvalue weighted by Crippen LogP contribution is 2.37. The Balaban J connectivity index is 1.49. The van der Waals surface area contributed by atoms with E-state index in [2.05, 4.69) is 4.90 Å². The number of amides is 1. The molecule has 2 heterocycles. The fourth-order valence-corrected chi connectivity index (χ4v) is 5.03. The van der Waals surface area contributed by atoms with Crippen LogP contribution < -0.4 is 9.64 Å². The Labute approximate surface area is 184 Å². The van der Waals surface area contributed by atoms with Gasteiger partial charge in [0.2, 0.25) is 5.91 Å². The SMILES string of the molecule is COc1ccccc1[C@@]1(O)CCCN(C[C@H](O)c2ccc3c(c2)CCCN3C(C)=O)C1. The third-order valence-electron chi connectivity index (χ3n) is 6.58. The fourth-order valence-electron chi connectivity index (χ4n) is 5.03. The monoisotopic (exact) mass is 424 g/mol. The summed E-state index contributed by atoms with van der Waals surface area (Å²) in [5, 5.41) is 22.4. The number of aliphatic hydroxyl groups excluding tert-OH is 1. The summed E-state index contributed by atoms with van der Waals surface area (Å²) in [6.45, 7) is 4.08. The van der Waals surface area contributed by atoms with Crippen molar-refractivity contribution in [1.29, 1.82) is 0 Å². The summed E-state index contributed by atoms with van der Waals surface area (Å²) < 4.78 is 5.47. The lowest BCUT2D eigenvalue weighted by Gasteiger charge is -2.40. The van der Waals surface area contributed by atoms with E-state index >= 15 is 0 Å². The standard InChI is InChI=1S/C25H32N2O4/c1-18(28)27-14-5-7-19-15-20(10-11-22(19)27)23(29)16-26-13-6-12-25(30,17-26)21-8-3-4-9-24(21)31-2/h3-4,8-11,15,23,29-30H,5-7,12-14,16-17H2,1-2H3/t23-,25+/m0/s1. The first kappa shape index (κ1) is 21.8. The average Bonchev–Trinajstić information content (AvgIpc) is 2.78. The lowest BCUT2D eigenvalue weighted by Crippen LogP contribution is -2.47. The van der Waals surface area contributed by atoms with Crippen LogP contribution in [0.1, 0.15) is 49.0 Å². The number of β-amino-alcohol motifs (C(OH)–C–C–N with tert-alkyl or cyclic N) is 2. The van der Waals surface area contributed by atoms with Gasteiger partial charge in [0.15, 0.2) is 0 Å². The number of hydrogen-bond acceptors (Lipinski definition) is 5. The van der Waals surface area contributed by atoms with Gasteiger partial charge >= 0.3 is 0 Å². The molecule has 0 spiro atoms. The second-order valence-electron chi connectivity index (χ2n) is 8.75. The van der Waals surface area contributed by atoms with Gasteiger partial charge in [-0.25, -0.2) is 0 Å². The van der Waals surface area contributed by atoms with Crippen molar-refractivity contribution in [3.05, 3.63) is 59.2 Å². The molecule has 2 N–H and O–H groups in total. The zero-order valence-corrected chi connectivity index (χ0v) is 18.4. The first-order valence-electron chi connectivity index (χ1n) is 11.1. The highest BCUT2D eigenvalue weighted by Gasteiger charge is 2.37. The maximum atomic E-state index is 11.9. The van der Waals surface area contributed by atoms with Gasteiger partial charge in [0.1, 0.15) is 11.4 Å². The van der Waals surface area contributed by atoms with E-state index in [4.69, 9.17) is 4.74 Å². The Morgan fingerprint density at radius 2 is 2.00 bits per heavy atom. The van der Waals surface area contributed by atoms with E-state index in [0.717, 1.165) is 54.7 Å². The van der Waals surface area contributed by atoms with Crippen LogP contribution in [-0.2, 0) is 16.8 Å².